The van der Waals surface area contributed by atoms with Gasteiger partial charge in [0.2, 0.25) is 6.79 Å². The zero-order chi connectivity index (χ0) is 19.8. The standard InChI is InChI=1S/C20H20N2O6/c1-21(2)7-8-22-17(14-4-3-9-26-14)16(19(24)20(22)25)18(23)12-5-6-13-15(10-12)28-11-27-13/h3-6,9-10,17,23H,7-8,11H2,1-2H3/b18-16+. The van der Waals surface area contributed by atoms with Gasteiger partial charge in [0.1, 0.15) is 17.6 Å². The molecule has 1 saturated heterocycles. The second-order valence-corrected chi connectivity index (χ2v) is 6.88. The monoisotopic (exact) mass is 384 g/mol. The van der Waals surface area contributed by atoms with Crippen molar-refractivity contribution in [2.24, 2.45) is 0 Å². The fourth-order valence-corrected chi connectivity index (χ4v) is 3.36. The number of aliphatic hydroxyl groups is 1. The number of carbonyl (C=O) groups is 2. The Kier molecular flexibility index (Phi) is 4.56. The Morgan fingerprint density at radius 2 is 2.00 bits per heavy atom. The van der Waals surface area contributed by atoms with Crippen LogP contribution in [0.1, 0.15) is 17.4 Å². The number of hydrogen-bond donors (Lipinski definition) is 1. The van der Waals surface area contributed by atoms with Crippen LogP contribution in [0.2, 0.25) is 0 Å². The third kappa shape index (κ3) is 3.01. The molecule has 8 nitrogen and oxygen atoms in total. The first-order valence-corrected chi connectivity index (χ1v) is 8.84. The SMILES string of the molecule is CN(C)CCN1C(=O)C(=O)/C(=C(/O)c2ccc3c(c2)OCO3)C1c1ccco1. The number of aliphatic hydroxyl groups excluding tert-OH is 1. The van der Waals surface area contributed by atoms with Gasteiger partial charge in [-0.2, -0.15) is 0 Å². The van der Waals surface area contributed by atoms with Gasteiger partial charge in [-0.1, -0.05) is 0 Å². The smallest absolute Gasteiger partial charge is 0.295 e. The fraction of sp³-hybridized carbons (Fsp3) is 0.300. The van der Waals surface area contributed by atoms with Crippen LogP contribution in [0.15, 0.2) is 46.6 Å². The number of Topliss-reactive ketones (excluding diaryl/α,β-unsaturated/α-hetero) is 1. The average molecular weight is 384 g/mol. The zero-order valence-corrected chi connectivity index (χ0v) is 15.5. The Morgan fingerprint density at radius 3 is 2.71 bits per heavy atom. The zero-order valence-electron chi connectivity index (χ0n) is 15.5. The number of furan rings is 1. The highest BCUT2D eigenvalue weighted by Crippen LogP contribution is 2.41. The van der Waals surface area contributed by atoms with Crippen molar-refractivity contribution in [3.63, 3.8) is 0 Å². The Morgan fingerprint density at radius 1 is 1.21 bits per heavy atom. The van der Waals surface area contributed by atoms with Gasteiger partial charge >= 0.3 is 0 Å². The Hall–Kier alpha value is -3.26. The van der Waals surface area contributed by atoms with Crippen molar-refractivity contribution in [2.45, 2.75) is 6.04 Å². The summed E-state index contributed by atoms with van der Waals surface area (Å²) in [4.78, 5) is 28.8. The molecule has 0 radical (unpaired) electrons. The number of ether oxygens (including phenoxy) is 2. The summed E-state index contributed by atoms with van der Waals surface area (Å²) in [6.45, 7) is 0.982. The maximum atomic E-state index is 12.8. The minimum Gasteiger partial charge on any atom is -0.507 e. The van der Waals surface area contributed by atoms with Crippen molar-refractivity contribution in [3.8, 4) is 11.5 Å². The van der Waals surface area contributed by atoms with Crippen LogP contribution < -0.4 is 9.47 Å². The van der Waals surface area contributed by atoms with E-state index in [0.717, 1.165) is 0 Å². The first kappa shape index (κ1) is 18.1. The maximum absolute atomic E-state index is 12.8. The van der Waals surface area contributed by atoms with Crippen LogP contribution in [0.4, 0.5) is 0 Å². The Bertz CT molecular complexity index is 948. The molecule has 146 valence electrons. The van der Waals surface area contributed by atoms with Crippen molar-refractivity contribution in [1.29, 1.82) is 0 Å². The highest BCUT2D eigenvalue weighted by atomic mass is 16.7. The number of rotatable bonds is 5. The van der Waals surface area contributed by atoms with Crippen molar-refractivity contribution in [1.82, 2.24) is 9.80 Å². The van der Waals surface area contributed by atoms with Crippen LogP contribution in [-0.4, -0.2) is 60.6 Å². The minimum absolute atomic E-state index is 0.00225. The third-order valence-electron chi connectivity index (χ3n) is 4.79. The van der Waals surface area contributed by atoms with Crippen molar-refractivity contribution in [3.05, 3.63) is 53.5 Å². The first-order chi connectivity index (χ1) is 13.5. The van der Waals surface area contributed by atoms with Crippen molar-refractivity contribution < 1.29 is 28.6 Å². The molecule has 0 spiro atoms. The first-order valence-electron chi connectivity index (χ1n) is 8.84. The van der Waals surface area contributed by atoms with Gasteiger partial charge in [0.25, 0.3) is 11.7 Å². The third-order valence-corrected chi connectivity index (χ3v) is 4.79. The molecule has 2 aromatic rings. The molecule has 1 aromatic heterocycles. The Balaban J connectivity index is 1.79. The number of carbonyl (C=O) groups excluding carboxylic acids is 2. The van der Waals surface area contributed by atoms with Crippen LogP contribution in [0.5, 0.6) is 11.5 Å². The summed E-state index contributed by atoms with van der Waals surface area (Å²) in [7, 11) is 3.76. The number of fused-ring (bicyclic) bond motifs is 1. The molecule has 4 rings (SSSR count). The average Bonchev–Trinajstić information content (AvgIpc) is 3.40. The summed E-state index contributed by atoms with van der Waals surface area (Å²) in [5, 5.41) is 10.9. The molecule has 1 unspecified atom stereocenters. The van der Waals surface area contributed by atoms with E-state index in [0.29, 0.717) is 35.9 Å². The van der Waals surface area contributed by atoms with Crippen LogP contribution in [0, 0.1) is 0 Å². The number of nitrogens with zero attached hydrogens (tertiary/aromatic N) is 2. The lowest BCUT2D eigenvalue weighted by Crippen LogP contribution is -2.35. The van der Waals surface area contributed by atoms with E-state index < -0.39 is 17.7 Å². The lowest BCUT2D eigenvalue weighted by molar-refractivity contribution is -0.140. The topological polar surface area (TPSA) is 92.5 Å². The van der Waals surface area contributed by atoms with Gasteiger partial charge in [-0.3, -0.25) is 9.59 Å². The molecular weight excluding hydrogens is 364 g/mol. The minimum atomic E-state index is -0.791. The van der Waals surface area contributed by atoms with Gasteiger partial charge in [0.05, 0.1) is 11.8 Å². The van der Waals surface area contributed by atoms with E-state index in [1.807, 2.05) is 19.0 Å². The van der Waals surface area contributed by atoms with Crippen LogP contribution in [-0.2, 0) is 9.59 Å². The predicted octanol–water partition coefficient (Wildman–Crippen LogP) is 1.99. The van der Waals surface area contributed by atoms with Crippen LogP contribution in [0.25, 0.3) is 5.76 Å². The molecule has 0 saturated carbocycles. The number of likely N-dealkylation sites (tertiary alicyclic amines) is 1. The van der Waals surface area contributed by atoms with E-state index in [1.165, 1.54) is 11.2 Å². The van der Waals surface area contributed by atoms with E-state index in [9.17, 15) is 14.7 Å². The summed E-state index contributed by atoms with van der Waals surface area (Å²) in [6, 6.07) is 7.44. The van der Waals surface area contributed by atoms with E-state index in [1.54, 1.807) is 30.3 Å². The van der Waals surface area contributed by atoms with E-state index in [2.05, 4.69) is 0 Å². The summed E-state index contributed by atoms with van der Waals surface area (Å²) in [5.74, 6) is -0.225. The van der Waals surface area contributed by atoms with Crippen molar-refractivity contribution in [2.75, 3.05) is 34.0 Å². The van der Waals surface area contributed by atoms with Gasteiger partial charge in [-0.05, 0) is 44.4 Å². The molecule has 1 amide bonds. The molecule has 2 aliphatic heterocycles. The van der Waals surface area contributed by atoms with E-state index >= 15 is 0 Å². The second kappa shape index (κ2) is 7.05. The molecule has 8 heteroatoms. The predicted molar refractivity (Wildman–Crippen MR) is 98.8 cm³/mol. The normalized spacial score (nSPS) is 20.4. The summed E-state index contributed by atoms with van der Waals surface area (Å²) < 4.78 is 16.1. The summed E-state index contributed by atoms with van der Waals surface area (Å²) in [6.07, 6.45) is 1.47. The molecule has 1 aromatic carbocycles. The fourth-order valence-electron chi connectivity index (χ4n) is 3.36. The van der Waals surface area contributed by atoms with Gasteiger partial charge in [-0.25, -0.2) is 0 Å². The molecule has 1 N–H and O–H groups in total. The molecule has 2 aliphatic rings. The molecule has 1 atom stereocenters. The Labute approximate surface area is 161 Å². The lowest BCUT2D eigenvalue weighted by atomic mass is 9.99. The summed E-state index contributed by atoms with van der Waals surface area (Å²) in [5.41, 5.74) is 0.365. The van der Waals surface area contributed by atoms with Gasteiger partial charge in [0, 0.05) is 18.7 Å². The van der Waals surface area contributed by atoms with Gasteiger partial charge in [-0.15, -0.1) is 0 Å². The van der Waals surface area contributed by atoms with Crippen LogP contribution in [0.3, 0.4) is 0 Å². The number of ketones is 1. The molecule has 1 fully saturated rings. The summed E-state index contributed by atoms with van der Waals surface area (Å²) >= 11 is 0. The second-order valence-electron chi connectivity index (χ2n) is 6.88. The largest absolute Gasteiger partial charge is 0.507 e. The molecule has 0 bridgehead atoms. The number of hydrogen-bond acceptors (Lipinski definition) is 7. The van der Waals surface area contributed by atoms with E-state index in [-0.39, 0.29) is 18.1 Å². The lowest BCUT2D eigenvalue weighted by Gasteiger charge is -2.24. The highest BCUT2D eigenvalue weighted by molar-refractivity contribution is 6.46. The molecule has 0 aliphatic carbocycles. The maximum Gasteiger partial charge on any atom is 0.295 e. The number of benzene rings is 1. The number of amides is 1. The molecular formula is C20H20N2O6. The highest BCUT2D eigenvalue weighted by Gasteiger charge is 2.47. The van der Waals surface area contributed by atoms with Gasteiger partial charge < -0.3 is 28.8 Å². The van der Waals surface area contributed by atoms with Crippen LogP contribution >= 0.6 is 0 Å². The number of likely N-dealkylation sites (N-methyl/N-ethyl adjacent to an activating group) is 1. The van der Waals surface area contributed by atoms with Gasteiger partial charge in [0.15, 0.2) is 11.5 Å². The molecule has 28 heavy (non-hydrogen) atoms. The molecule has 3 heterocycles. The van der Waals surface area contributed by atoms with E-state index in [4.69, 9.17) is 13.9 Å². The quantitative estimate of drug-likeness (QED) is 0.479. The van der Waals surface area contributed by atoms with Crippen molar-refractivity contribution >= 4 is 17.4 Å².